The number of carbonyl (C=O) groups excluding carboxylic acids is 3. The molecule has 4 amide bonds. The number of amides is 4. The van der Waals surface area contributed by atoms with Gasteiger partial charge in [0.2, 0.25) is 5.91 Å². The highest BCUT2D eigenvalue weighted by atomic mass is 16.2. The van der Waals surface area contributed by atoms with Crippen molar-refractivity contribution >= 4 is 23.5 Å². The van der Waals surface area contributed by atoms with Crippen LogP contribution in [-0.4, -0.2) is 27.6 Å². The SMILES string of the molecule is C[C@]1(c2cccc(NC(=O)CCc3cnn(-c4ccccc4)c3)c2)NC(=O)NC1=O. The number of urea groups is 1. The summed E-state index contributed by atoms with van der Waals surface area (Å²) in [5.74, 6) is -0.573. The largest absolute Gasteiger partial charge is 0.326 e. The predicted molar refractivity (Wildman–Crippen MR) is 111 cm³/mol. The third kappa shape index (κ3) is 3.93. The van der Waals surface area contributed by atoms with Gasteiger partial charge in [-0.15, -0.1) is 0 Å². The lowest BCUT2D eigenvalue weighted by Crippen LogP contribution is -2.40. The van der Waals surface area contributed by atoms with E-state index >= 15 is 0 Å². The molecular formula is C22H21N5O3. The van der Waals surface area contributed by atoms with Gasteiger partial charge in [0.05, 0.1) is 11.9 Å². The molecular weight excluding hydrogens is 382 g/mol. The van der Waals surface area contributed by atoms with Gasteiger partial charge in [-0.05, 0) is 48.7 Å². The molecule has 1 fully saturated rings. The van der Waals surface area contributed by atoms with Crippen LogP contribution in [0.25, 0.3) is 5.69 Å². The van der Waals surface area contributed by atoms with E-state index in [0.29, 0.717) is 24.1 Å². The summed E-state index contributed by atoms with van der Waals surface area (Å²) in [5.41, 5.74) is 1.91. The number of para-hydroxylation sites is 1. The average molecular weight is 403 g/mol. The molecule has 0 bridgehead atoms. The van der Waals surface area contributed by atoms with Crippen molar-refractivity contribution in [2.45, 2.75) is 25.3 Å². The van der Waals surface area contributed by atoms with Crippen LogP contribution in [0.1, 0.15) is 24.5 Å². The second kappa shape index (κ2) is 7.82. The fourth-order valence-corrected chi connectivity index (χ4v) is 3.35. The zero-order valence-corrected chi connectivity index (χ0v) is 16.4. The molecule has 4 rings (SSSR count). The topological polar surface area (TPSA) is 105 Å². The number of carbonyl (C=O) groups is 3. The Hall–Kier alpha value is -3.94. The van der Waals surface area contributed by atoms with E-state index in [4.69, 9.17) is 0 Å². The number of rotatable bonds is 6. The van der Waals surface area contributed by atoms with E-state index in [2.05, 4.69) is 21.0 Å². The molecule has 1 aliphatic heterocycles. The van der Waals surface area contributed by atoms with E-state index < -0.39 is 17.5 Å². The van der Waals surface area contributed by atoms with Gasteiger partial charge in [-0.25, -0.2) is 9.48 Å². The van der Waals surface area contributed by atoms with E-state index in [-0.39, 0.29) is 5.91 Å². The van der Waals surface area contributed by atoms with Crippen LogP contribution in [0.5, 0.6) is 0 Å². The third-order valence-electron chi connectivity index (χ3n) is 5.07. The maximum Gasteiger partial charge on any atom is 0.322 e. The van der Waals surface area contributed by atoms with Crippen molar-refractivity contribution < 1.29 is 14.4 Å². The van der Waals surface area contributed by atoms with Crippen LogP contribution < -0.4 is 16.0 Å². The highest BCUT2D eigenvalue weighted by Gasteiger charge is 2.43. The quantitative estimate of drug-likeness (QED) is 0.550. The normalized spacial score (nSPS) is 18.0. The van der Waals surface area contributed by atoms with Crippen LogP contribution in [0.2, 0.25) is 0 Å². The van der Waals surface area contributed by atoms with E-state index in [1.807, 2.05) is 36.5 Å². The minimum absolute atomic E-state index is 0.148. The molecule has 8 nitrogen and oxygen atoms in total. The fourth-order valence-electron chi connectivity index (χ4n) is 3.35. The van der Waals surface area contributed by atoms with Crippen LogP contribution in [-0.2, 0) is 21.5 Å². The highest BCUT2D eigenvalue weighted by molar-refractivity contribution is 6.07. The molecule has 0 unspecified atom stereocenters. The maximum absolute atomic E-state index is 12.4. The zero-order valence-electron chi connectivity index (χ0n) is 16.4. The van der Waals surface area contributed by atoms with Crippen molar-refractivity contribution in [3.05, 3.63) is 78.1 Å². The lowest BCUT2D eigenvalue weighted by Gasteiger charge is -2.21. The van der Waals surface area contributed by atoms with Gasteiger partial charge in [-0.2, -0.15) is 5.10 Å². The summed E-state index contributed by atoms with van der Waals surface area (Å²) < 4.78 is 1.78. The molecule has 152 valence electrons. The first kappa shape index (κ1) is 19.4. The van der Waals surface area contributed by atoms with Gasteiger partial charge in [0.1, 0.15) is 5.54 Å². The molecule has 0 saturated carbocycles. The maximum atomic E-state index is 12.4. The van der Waals surface area contributed by atoms with Crippen molar-refractivity contribution in [3.63, 3.8) is 0 Å². The number of hydrogen-bond donors (Lipinski definition) is 3. The molecule has 2 heterocycles. The minimum Gasteiger partial charge on any atom is -0.326 e. The summed E-state index contributed by atoms with van der Waals surface area (Å²) >= 11 is 0. The fraction of sp³-hybridized carbons (Fsp3) is 0.182. The van der Waals surface area contributed by atoms with Gasteiger partial charge in [0, 0.05) is 18.3 Å². The molecule has 1 atom stereocenters. The van der Waals surface area contributed by atoms with Gasteiger partial charge in [-0.1, -0.05) is 30.3 Å². The first-order valence-corrected chi connectivity index (χ1v) is 9.57. The number of imide groups is 1. The van der Waals surface area contributed by atoms with E-state index in [0.717, 1.165) is 11.3 Å². The number of anilines is 1. The second-order valence-corrected chi connectivity index (χ2v) is 7.29. The number of aromatic nitrogens is 2. The molecule has 0 aliphatic carbocycles. The molecule has 1 saturated heterocycles. The van der Waals surface area contributed by atoms with Crippen molar-refractivity contribution in [2.75, 3.05) is 5.32 Å². The van der Waals surface area contributed by atoms with Crippen LogP contribution in [0.4, 0.5) is 10.5 Å². The Bertz CT molecular complexity index is 1110. The Morgan fingerprint density at radius 1 is 1.13 bits per heavy atom. The molecule has 30 heavy (non-hydrogen) atoms. The van der Waals surface area contributed by atoms with Crippen molar-refractivity contribution in [1.82, 2.24) is 20.4 Å². The van der Waals surface area contributed by atoms with E-state index in [9.17, 15) is 14.4 Å². The number of benzene rings is 2. The van der Waals surface area contributed by atoms with Crippen LogP contribution in [0.3, 0.4) is 0 Å². The van der Waals surface area contributed by atoms with Crippen LogP contribution in [0, 0.1) is 0 Å². The lowest BCUT2D eigenvalue weighted by atomic mass is 9.92. The third-order valence-corrected chi connectivity index (χ3v) is 5.07. The van der Waals surface area contributed by atoms with Gasteiger partial charge in [0.15, 0.2) is 0 Å². The van der Waals surface area contributed by atoms with Gasteiger partial charge in [0.25, 0.3) is 5.91 Å². The minimum atomic E-state index is -1.16. The van der Waals surface area contributed by atoms with Crippen molar-refractivity contribution in [1.29, 1.82) is 0 Å². The predicted octanol–water partition coefficient (Wildman–Crippen LogP) is 2.50. The summed E-state index contributed by atoms with van der Waals surface area (Å²) in [4.78, 5) is 36.0. The molecule has 0 spiro atoms. The van der Waals surface area contributed by atoms with E-state index in [1.165, 1.54) is 0 Å². The highest BCUT2D eigenvalue weighted by Crippen LogP contribution is 2.26. The molecule has 1 aliphatic rings. The molecule has 3 aromatic rings. The summed E-state index contributed by atoms with van der Waals surface area (Å²) in [6.07, 6.45) is 4.50. The summed E-state index contributed by atoms with van der Waals surface area (Å²) in [5, 5.41) is 12.0. The summed E-state index contributed by atoms with van der Waals surface area (Å²) in [7, 11) is 0. The Kier molecular flexibility index (Phi) is 5.05. The molecule has 1 aromatic heterocycles. The summed E-state index contributed by atoms with van der Waals surface area (Å²) in [6.45, 7) is 1.62. The van der Waals surface area contributed by atoms with Gasteiger partial charge in [-0.3, -0.25) is 14.9 Å². The molecule has 0 radical (unpaired) electrons. The Labute approximate surface area is 173 Å². The van der Waals surface area contributed by atoms with Gasteiger partial charge >= 0.3 is 6.03 Å². The van der Waals surface area contributed by atoms with E-state index in [1.54, 1.807) is 42.1 Å². The number of hydrogen-bond acceptors (Lipinski definition) is 4. The number of nitrogens with zero attached hydrogens (tertiary/aromatic N) is 2. The standard InChI is InChI=1S/C22H21N5O3/c1-22(20(29)25-21(30)26-22)16-6-5-7-17(12-16)24-19(28)11-10-15-13-23-27(14-15)18-8-3-2-4-9-18/h2-9,12-14H,10-11H2,1H3,(H,24,28)(H2,25,26,29,30)/t22-/m1/s1. The smallest absolute Gasteiger partial charge is 0.322 e. The summed E-state index contributed by atoms with van der Waals surface area (Å²) in [6, 6.07) is 16.1. The molecule has 2 aromatic carbocycles. The lowest BCUT2D eigenvalue weighted by molar-refractivity contribution is -0.123. The number of nitrogens with one attached hydrogen (secondary N) is 3. The zero-order chi connectivity index (χ0) is 21.1. The van der Waals surface area contributed by atoms with Crippen molar-refractivity contribution in [3.8, 4) is 5.69 Å². The van der Waals surface area contributed by atoms with Crippen LogP contribution >= 0.6 is 0 Å². The Balaban J connectivity index is 1.38. The molecule has 8 heteroatoms. The first-order chi connectivity index (χ1) is 14.4. The second-order valence-electron chi connectivity index (χ2n) is 7.29. The average Bonchev–Trinajstić information content (AvgIpc) is 3.32. The van der Waals surface area contributed by atoms with Gasteiger partial charge < -0.3 is 10.6 Å². The van der Waals surface area contributed by atoms with Crippen LogP contribution in [0.15, 0.2) is 67.0 Å². The Morgan fingerprint density at radius 2 is 1.93 bits per heavy atom. The number of aryl methyl sites for hydroxylation is 1. The first-order valence-electron chi connectivity index (χ1n) is 9.57. The van der Waals surface area contributed by atoms with Crippen molar-refractivity contribution in [2.24, 2.45) is 0 Å². The molecule has 3 N–H and O–H groups in total. The monoisotopic (exact) mass is 403 g/mol. The Morgan fingerprint density at radius 3 is 2.67 bits per heavy atom.